The standard InChI is InChI=1S/C9H5BrF3N/c10-5-1-2-8-4-3-7(6-14-8)9(11,12)13/h3-4,6H,5H2. The molecule has 0 amide bonds. The molecule has 1 heterocycles. The molecule has 0 saturated carbocycles. The Morgan fingerprint density at radius 2 is 2.07 bits per heavy atom. The number of aromatic nitrogens is 1. The summed E-state index contributed by atoms with van der Waals surface area (Å²) in [5.41, 5.74) is -0.431. The predicted octanol–water partition coefficient (Wildman–Crippen LogP) is 2.85. The van der Waals surface area contributed by atoms with E-state index in [1.54, 1.807) is 0 Å². The van der Waals surface area contributed by atoms with E-state index in [2.05, 4.69) is 32.8 Å². The Morgan fingerprint density at radius 3 is 2.50 bits per heavy atom. The molecule has 0 radical (unpaired) electrons. The molecule has 0 aliphatic carbocycles. The molecule has 1 rings (SSSR count). The molecule has 14 heavy (non-hydrogen) atoms. The molecule has 0 aliphatic rings. The molecule has 0 N–H and O–H groups in total. The second kappa shape index (κ2) is 4.47. The monoisotopic (exact) mass is 263 g/mol. The van der Waals surface area contributed by atoms with E-state index in [-0.39, 0.29) is 0 Å². The van der Waals surface area contributed by atoms with Crippen LogP contribution in [0.1, 0.15) is 11.3 Å². The van der Waals surface area contributed by atoms with Crippen molar-refractivity contribution in [2.45, 2.75) is 6.18 Å². The fourth-order valence-electron chi connectivity index (χ4n) is 0.759. The molecule has 74 valence electrons. The summed E-state index contributed by atoms with van der Waals surface area (Å²) in [6.07, 6.45) is -3.56. The van der Waals surface area contributed by atoms with Gasteiger partial charge in [-0.25, -0.2) is 4.98 Å². The molecule has 0 aliphatic heterocycles. The topological polar surface area (TPSA) is 12.9 Å². The third-order valence-corrected chi connectivity index (χ3v) is 1.65. The van der Waals surface area contributed by atoms with Crippen molar-refractivity contribution in [3.05, 3.63) is 29.6 Å². The third-order valence-electron chi connectivity index (χ3n) is 1.37. The van der Waals surface area contributed by atoms with Gasteiger partial charge in [-0.05, 0) is 18.1 Å². The SMILES string of the molecule is FC(F)(F)c1ccc(C#CCBr)nc1. The van der Waals surface area contributed by atoms with Gasteiger partial charge in [0.25, 0.3) is 0 Å². The molecular weight excluding hydrogens is 259 g/mol. The van der Waals surface area contributed by atoms with Crippen molar-refractivity contribution in [2.24, 2.45) is 0 Å². The van der Waals surface area contributed by atoms with Crippen molar-refractivity contribution in [3.8, 4) is 11.8 Å². The predicted molar refractivity (Wildman–Crippen MR) is 49.9 cm³/mol. The highest BCUT2D eigenvalue weighted by Crippen LogP contribution is 2.28. The summed E-state index contributed by atoms with van der Waals surface area (Å²) < 4.78 is 36.3. The molecule has 0 bridgehead atoms. The summed E-state index contributed by atoms with van der Waals surface area (Å²) in [6.45, 7) is 0. The van der Waals surface area contributed by atoms with Gasteiger partial charge in [0.15, 0.2) is 0 Å². The zero-order chi connectivity index (χ0) is 10.6. The Hall–Kier alpha value is -1.02. The normalized spacial score (nSPS) is 10.6. The lowest BCUT2D eigenvalue weighted by Crippen LogP contribution is -2.05. The first-order chi connectivity index (χ1) is 6.54. The Bertz CT molecular complexity index is 358. The van der Waals surface area contributed by atoms with E-state index in [4.69, 9.17) is 0 Å². The van der Waals surface area contributed by atoms with Crippen LogP contribution < -0.4 is 0 Å². The highest BCUT2D eigenvalue weighted by atomic mass is 79.9. The number of halogens is 4. The minimum absolute atomic E-state index is 0.331. The lowest BCUT2D eigenvalue weighted by Gasteiger charge is -2.04. The molecule has 0 fully saturated rings. The highest BCUT2D eigenvalue weighted by molar-refractivity contribution is 9.09. The van der Waals surface area contributed by atoms with E-state index in [0.29, 0.717) is 11.0 Å². The van der Waals surface area contributed by atoms with Crippen LogP contribution in [0.2, 0.25) is 0 Å². The van der Waals surface area contributed by atoms with Crippen molar-refractivity contribution < 1.29 is 13.2 Å². The van der Waals surface area contributed by atoms with Crippen LogP contribution in [-0.4, -0.2) is 10.3 Å². The minimum Gasteiger partial charge on any atom is -0.247 e. The molecular formula is C9H5BrF3N. The van der Waals surface area contributed by atoms with Gasteiger partial charge in [0.1, 0.15) is 5.69 Å². The smallest absolute Gasteiger partial charge is 0.247 e. The fraction of sp³-hybridized carbons (Fsp3) is 0.222. The molecule has 0 saturated heterocycles. The molecule has 0 spiro atoms. The van der Waals surface area contributed by atoms with Crippen LogP contribution in [0.4, 0.5) is 13.2 Å². The summed E-state index contributed by atoms with van der Waals surface area (Å²) in [7, 11) is 0. The highest BCUT2D eigenvalue weighted by Gasteiger charge is 2.30. The van der Waals surface area contributed by atoms with Crippen LogP contribution in [0, 0.1) is 11.8 Å². The Morgan fingerprint density at radius 1 is 1.36 bits per heavy atom. The maximum Gasteiger partial charge on any atom is 0.417 e. The quantitative estimate of drug-likeness (QED) is 0.518. The Balaban J connectivity index is 2.89. The average molecular weight is 264 g/mol. The minimum atomic E-state index is -4.34. The molecule has 5 heteroatoms. The van der Waals surface area contributed by atoms with Crippen LogP contribution in [0.15, 0.2) is 18.3 Å². The van der Waals surface area contributed by atoms with Crippen LogP contribution in [0.5, 0.6) is 0 Å². The first kappa shape index (κ1) is 11.1. The average Bonchev–Trinajstić information content (AvgIpc) is 2.14. The van der Waals surface area contributed by atoms with E-state index >= 15 is 0 Å². The van der Waals surface area contributed by atoms with Gasteiger partial charge in [-0.3, -0.25) is 0 Å². The number of hydrogen-bond donors (Lipinski definition) is 0. The third kappa shape index (κ3) is 3.04. The maximum absolute atomic E-state index is 12.1. The van der Waals surface area contributed by atoms with E-state index in [0.717, 1.165) is 12.3 Å². The molecule has 1 aromatic rings. The number of hydrogen-bond acceptors (Lipinski definition) is 1. The van der Waals surface area contributed by atoms with Gasteiger partial charge in [-0.2, -0.15) is 13.2 Å². The van der Waals surface area contributed by atoms with E-state index < -0.39 is 11.7 Å². The van der Waals surface area contributed by atoms with Gasteiger partial charge >= 0.3 is 6.18 Å². The number of rotatable bonds is 0. The number of nitrogens with zero attached hydrogens (tertiary/aromatic N) is 1. The van der Waals surface area contributed by atoms with E-state index in [1.807, 2.05) is 0 Å². The summed E-state index contributed by atoms with van der Waals surface area (Å²) in [5.74, 6) is 5.24. The molecule has 1 aromatic heterocycles. The zero-order valence-corrected chi connectivity index (χ0v) is 8.48. The lowest BCUT2D eigenvalue weighted by atomic mass is 10.2. The fourth-order valence-corrected chi connectivity index (χ4v) is 0.900. The summed E-state index contributed by atoms with van der Waals surface area (Å²) in [6, 6.07) is 2.21. The van der Waals surface area contributed by atoms with Crippen LogP contribution >= 0.6 is 15.9 Å². The zero-order valence-electron chi connectivity index (χ0n) is 6.90. The Labute approximate surface area is 87.5 Å². The van der Waals surface area contributed by atoms with Crippen LogP contribution in [0.25, 0.3) is 0 Å². The first-order valence-electron chi connectivity index (χ1n) is 3.62. The van der Waals surface area contributed by atoms with E-state index in [1.165, 1.54) is 6.07 Å². The van der Waals surface area contributed by atoms with E-state index in [9.17, 15) is 13.2 Å². The van der Waals surface area contributed by atoms with Gasteiger partial charge in [0, 0.05) is 6.20 Å². The van der Waals surface area contributed by atoms with Gasteiger partial charge < -0.3 is 0 Å². The number of alkyl halides is 4. The van der Waals surface area contributed by atoms with Crippen molar-refractivity contribution in [1.82, 2.24) is 4.98 Å². The second-order valence-electron chi connectivity index (χ2n) is 2.37. The van der Waals surface area contributed by atoms with Crippen molar-refractivity contribution in [3.63, 3.8) is 0 Å². The van der Waals surface area contributed by atoms with Crippen molar-refractivity contribution in [2.75, 3.05) is 5.33 Å². The summed E-state index contributed by atoms with van der Waals surface area (Å²) >= 11 is 3.07. The Kier molecular flexibility index (Phi) is 3.53. The molecule has 1 nitrogen and oxygen atoms in total. The number of pyridine rings is 1. The van der Waals surface area contributed by atoms with Crippen LogP contribution in [-0.2, 0) is 6.18 Å². The van der Waals surface area contributed by atoms with Gasteiger partial charge in [-0.15, -0.1) is 0 Å². The maximum atomic E-state index is 12.1. The van der Waals surface area contributed by atoms with Crippen LogP contribution in [0.3, 0.4) is 0 Å². The second-order valence-corrected chi connectivity index (χ2v) is 2.93. The van der Waals surface area contributed by atoms with Crippen molar-refractivity contribution >= 4 is 15.9 Å². The first-order valence-corrected chi connectivity index (χ1v) is 4.74. The summed E-state index contributed by atoms with van der Waals surface area (Å²) in [4.78, 5) is 3.57. The van der Waals surface area contributed by atoms with Gasteiger partial charge in [0.2, 0.25) is 0 Å². The van der Waals surface area contributed by atoms with Crippen molar-refractivity contribution in [1.29, 1.82) is 0 Å². The van der Waals surface area contributed by atoms with Gasteiger partial charge in [-0.1, -0.05) is 21.9 Å². The summed E-state index contributed by atoms with van der Waals surface area (Å²) in [5, 5.41) is 0.468. The largest absolute Gasteiger partial charge is 0.417 e. The lowest BCUT2D eigenvalue weighted by molar-refractivity contribution is -0.137. The van der Waals surface area contributed by atoms with Gasteiger partial charge in [0.05, 0.1) is 10.9 Å². The molecule has 0 aromatic carbocycles. The molecule has 0 unspecified atom stereocenters. The molecule has 0 atom stereocenters.